The van der Waals surface area contributed by atoms with Crippen LogP contribution in [0.2, 0.25) is 0 Å². The highest BCUT2D eigenvalue weighted by molar-refractivity contribution is 6.15. The van der Waals surface area contributed by atoms with Crippen LogP contribution >= 0.6 is 0 Å². The Labute approximate surface area is 684 Å². The minimum absolute atomic E-state index is 0.231. The zero-order valence-electron chi connectivity index (χ0n) is 69.8. The van der Waals surface area contributed by atoms with Crippen molar-refractivity contribution in [3.63, 3.8) is 0 Å². The fourth-order valence-electron chi connectivity index (χ4n) is 18.5. The molecule has 15 nitrogen and oxygen atoms in total. The van der Waals surface area contributed by atoms with Crippen molar-refractivity contribution in [3.8, 4) is 0 Å². The average Bonchev–Trinajstić information content (AvgIpc) is 1.59. The monoisotopic (exact) mass is 1550 g/mol. The first-order valence-corrected chi connectivity index (χ1v) is 41.3. The lowest BCUT2D eigenvalue weighted by Crippen LogP contribution is -2.39. The van der Waals surface area contributed by atoms with E-state index in [4.69, 9.17) is 22.1 Å². The van der Waals surface area contributed by atoms with Crippen LogP contribution in [0, 0.1) is 34.6 Å². The van der Waals surface area contributed by atoms with Gasteiger partial charge >= 0.3 is 0 Å². The minimum atomic E-state index is 0.231. The summed E-state index contributed by atoms with van der Waals surface area (Å²) in [5.41, 5.74) is 26.7. The van der Waals surface area contributed by atoms with E-state index in [2.05, 4.69) is 367 Å². The van der Waals surface area contributed by atoms with Crippen LogP contribution in [0.4, 0.5) is 51.2 Å². The Morgan fingerprint density at radius 1 is 0.282 bits per heavy atom. The first-order valence-electron chi connectivity index (χ1n) is 41.3. The maximum atomic E-state index is 6.35. The minimum Gasteiger partial charge on any atom is -0.454 e. The Balaban J connectivity index is 0.000000101. The zero-order chi connectivity index (χ0) is 80.9. The van der Waals surface area contributed by atoms with Crippen molar-refractivity contribution in [3.05, 3.63) is 296 Å². The van der Waals surface area contributed by atoms with E-state index in [1.165, 1.54) is 121 Å². The Kier molecular flexibility index (Phi) is 19.4. The third-order valence-electron chi connectivity index (χ3n) is 24.9. The summed E-state index contributed by atoms with van der Waals surface area (Å²) < 4.78 is 31.3. The van der Waals surface area contributed by atoms with Crippen LogP contribution in [0.5, 0.6) is 0 Å². The summed E-state index contributed by atoms with van der Waals surface area (Å²) in [5.74, 6) is 0. The molecular weight excluding hydrogens is 1450 g/mol. The molecule has 0 aliphatic carbocycles. The van der Waals surface area contributed by atoms with E-state index in [9.17, 15) is 0 Å². The van der Waals surface area contributed by atoms with Crippen molar-refractivity contribution in [2.45, 2.75) is 134 Å². The molecule has 12 aromatic carbocycles. The molecule has 590 valence electrons. The molecule has 117 heavy (non-hydrogen) atoms. The van der Waals surface area contributed by atoms with Crippen molar-refractivity contribution in [1.82, 2.24) is 14.7 Å². The van der Waals surface area contributed by atoms with Gasteiger partial charge in [-0.2, -0.15) is 0 Å². The normalized spacial score (nSPS) is 17.5. The number of nitrogens with zero attached hydrogens (tertiary/aromatic N) is 10. The van der Waals surface area contributed by atoms with Gasteiger partial charge in [0.2, 0.25) is 0 Å². The Hall–Kier alpha value is -13.1. The summed E-state index contributed by atoms with van der Waals surface area (Å²) in [5, 5.41) is 11.8. The molecule has 0 amide bonds. The van der Waals surface area contributed by atoms with Gasteiger partial charge in [0.1, 0.15) is 58.7 Å². The molecule has 0 bridgehead atoms. The van der Waals surface area contributed by atoms with E-state index < -0.39 is 0 Å². The number of para-hydroxylation sites is 9. The molecule has 5 aromatic heterocycles. The lowest BCUT2D eigenvalue weighted by atomic mass is 10.1. The van der Waals surface area contributed by atoms with Gasteiger partial charge < -0.3 is 71.1 Å². The molecule has 0 N–H and O–H groups in total. The van der Waals surface area contributed by atoms with Gasteiger partial charge in [0, 0.05) is 124 Å². The second-order valence-corrected chi connectivity index (χ2v) is 32.0. The van der Waals surface area contributed by atoms with Crippen molar-refractivity contribution in [1.29, 1.82) is 0 Å². The highest BCUT2D eigenvalue weighted by atomic mass is 16.3. The van der Waals surface area contributed by atoms with Crippen molar-refractivity contribution in [2.24, 2.45) is 0 Å². The zero-order valence-corrected chi connectivity index (χ0v) is 69.8. The molecule has 15 heteroatoms. The molecule has 0 saturated heterocycles. The summed E-state index contributed by atoms with van der Waals surface area (Å²) in [4.78, 5) is 23.4. The molecule has 0 saturated carbocycles. The molecule has 0 spiro atoms. The van der Waals surface area contributed by atoms with E-state index in [0.29, 0.717) is 18.4 Å². The third-order valence-corrected chi connectivity index (χ3v) is 24.9. The van der Waals surface area contributed by atoms with Crippen molar-refractivity contribution in [2.75, 3.05) is 61.5 Å². The SMILES string of the molecule is CCN1C=CN(c2c(C)ccc3c2oc2ccccc23)[C@@H]1C.CCN1c2ccccc2N(c2c(C)ccc3c2oc2ccccc23)[C@@H]1C.Cc1ccc2c(oc3ccccc32)c1N1C=CN(C(C)C)[C@H]1C.Cc1ccc2c(oc3ccccc32)c1N1C=CN(C)[C@H]1C.Cc1ccc2c(oc3ccccc32)c1N1c2ccccc2N(C)[C@H]1C. The highest BCUT2D eigenvalue weighted by Gasteiger charge is 2.38. The summed E-state index contributed by atoms with van der Waals surface area (Å²) in [6, 6.07) is 80.8. The van der Waals surface area contributed by atoms with Crippen molar-refractivity contribution >= 4 is 161 Å². The number of aryl methyl sites for hydroxylation is 5. The highest BCUT2D eigenvalue weighted by Crippen LogP contribution is 2.52. The Bertz CT molecular complexity index is 6750. The molecule has 10 heterocycles. The first-order chi connectivity index (χ1) is 56.8. The lowest BCUT2D eigenvalue weighted by Gasteiger charge is -2.33. The van der Waals surface area contributed by atoms with E-state index in [0.717, 1.165) is 80.3 Å². The number of furan rings is 5. The van der Waals surface area contributed by atoms with Crippen LogP contribution in [0.1, 0.15) is 90.1 Å². The maximum Gasteiger partial charge on any atom is 0.159 e. The molecule has 17 aromatic rings. The number of anilines is 9. The average molecular weight is 1550 g/mol. The second kappa shape index (κ2) is 30.2. The summed E-state index contributed by atoms with van der Waals surface area (Å²) >= 11 is 0. The summed E-state index contributed by atoms with van der Waals surface area (Å²) in [7, 11) is 4.24. The quantitative estimate of drug-likeness (QED) is 0.144. The van der Waals surface area contributed by atoms with Gasteiger partial charge in [-0.1, -0.05) is 176 Å². The third kappa shape index (κ3) is 12.6. The smallest absolute Gasteiger partial charge is 0.159 e. The Morgan fingerprint density at radius 2 is 0.590 bits per heavy atom. The predicted octanol–water partition coefficient (Wildman–Crippen LogP) is 26.6. The standard InChI is InChI=1S/C23H22N2O.C22H20N2O.C20H22N2O.C19H20N2O.C18H18N2O/c1-4-24-16(3)25(20-11-7-6-10-19(20)24)22-15(2)13-14-18-17-9-5-8-12-21(17)26-23(18)22;1-14-12-13-17-16-8-4-7-11-20(16)25-22(17)21(14)24-15(2)23(3)18-9-5-6-10-19(18)24;1-13(2)21-11-12-22(15(21)4)19-14(3)9-10-17-16-7-5-6-8-18(16)23-20(17)19;1-4-20-11-12-21(14(20)3)18-13(2)9-10-16-15-7-5-6-8-17(15)22-19(16)18;1-12-8-9-15-14-6-4-5-7-16(14)21-18(15)17(12)20-11-10-19(3)13(20)2/h5-14,16H,4H2,1-3H3;4-13,15H,1-3H3;5-13,15H,1-4H3;5-12,14H,4H2,1-3H3;4-11,13H,1-3H3/t16-;2*15-;14-;13-/m11111/s1. The molecule has 0 unspecified atom stereocenters. The fraction of sp³-hybridized carbons (Fsp3) is 0.235. The topological polar surface area (TPSA) is 98.1 Å². The number of rotatable bonds is 8. The van der Waals surface area contributed by atoms with Crippen molar-refractivity contribution < 1.29 is 22.1 Å². The van der Waals surface area contributed by atoms with Crippen LogP contribution < -0.4 is 34.3 Å². The van der Waals surface area contributed by atoms with Gasteiger partial charge in [0.25, 0.3) is 0 Å². The summed E-state index contributed by atoms with van der Waals surface area (Å²) in [6.07, 6.45) is 14.2. The predicted molar refractivity (Wildman–Crippen MR) is 490 cm³/mol. The molecule has 5 atom stereocenters. The summed E-state index contributed by atoms with van der Waals surface area (Å²) in [6.45, 7) is 32.8. The molecule has 0 radical (unpaired) electrons. The number of hydrogen-bond donors (Lipinski definition) is 0. The van der Waals surface area contributed by atoms with Crippen LogP contribution in [0.15, 0.2) is 290 Å². The van der Waals surface area contributed by atoms with Gasteiger partial charge in [0.05, 0.1) is 51.2 Å². The maximum absolute atomic E-state index is 6.35. The van der Waals surface area contributed by atoms with Crippen LogP contribution in [-0.2, 0) is 0 Å². The molecule has 5 aliphatic heterocycles. The first kappa shape index (κ1) is 75.2. The van der Waals surface area contributed by atoms with Crippen LogP contribution in [0.25, 0.3) is 110 Å². The van der Waals surface area contributed by atoms with Gasteiger partial charge in [-0.15, -0.1) is 0 Å². The fourth-order valence-corrected chi connectivity index (χ4v) is 18.5. The number of hydrogen-bond acceptors (Lipinski definition) is 15. The number of fused-ring (bicyclic) bond motifs is 17. The van der Waals surface area contributed by atoms with Gasteiger partial charge in [-0.25, -0.2) is 0 Å². The van der Waals surface area contributed by atoms with E-state index in [1.54, 1.807) is 0 Å². The van der Waals surface area contributed by atoms with Crippen LogP contribution in [-0.4, -0.2) is 78.8 Å². The molecule has 22 rings (SSSR count). The molecular formula is C102H102N10O5. The Morgan fingerprint density at radius 3 is 0.940 bits per heavy atom. The second-order valence-electron chi connectivity index (χ2n) is 32.0. The van der Waals surface area contributed by atoms with Gasteiger partial charge in [-0.05, 0) is 179 Å². The molecule has 5 aliphatic rings. The van der Waals surface area contributed by atoms with E-state index in [-0.39, 0.29) is 18.5 Å². The van der Waals surface area contributed by atoms with Crippen LogP contribution in [0.3, 0.4) is 0 Å². The van der Waals surface area contributed by atoms with E-state index in [1.807, 2.05) is 60.7 Å². The largest absolute Gasteiger partial charge is 0.454 e. The molecule has 0 fully saturated rings. The number of benzene rings is 12. The van der Waals surface area contributed by atoms with Gasteiger partial charge in [-0.3, -0.25) is 0 Å². The lowest BCUT2D eigenvalue weighted by molar-refractivity contribution is 0.263. The van der Waals surface area contributed by atoms with E-state index >= 15 is 0 Å². The van der Waals surface area contributed by atoms with Gasteiger partial charge in [0.15, 0.2) is 27.9 Å².